The van der Waals surface area contributed by atoms with Gasteiger partial charge in [-0.2, -0.15) is 0 Å². The van der Waals surface area contributed by atoms with Crippen LogP contribution in [-0.2, 0) is 24.2 Å². The number of β-amino-alcohol motifs (C(OH)–C–C–N with tert-alkyl or cyclic N) is 1. The van der Waals surface area contributed by atoms with Crippen molar-refractivity contribution in [1.29, 1.82) is 0 Å². The van der Waals surface area contributed by atoms with E-state index in [-0.39, 0.29) is 6.10 Å². The van der Waals surface area contributed by atoms with Gasteiger partial charge in [0, 0.05) is 38.6 Å². The summed E-state index contributed by atoms with van der Waals surface area (Å²) in [6.45, 7) is 7.77. The van der Waals surface area contributed by atoms with Crippen LogP contribution in [0.4, 0.5) is 0 Å². The molecule has 2 atom stereocenters. The summed E-state index contributed by atoms with van der Waals surface area (Å²) in [5, 5.41) is 10.5. The molecule has 5 nitrogen and oxygen atoms in total. The zero-order chi connectivity index (χ0) is 16.9. The van der Waals surface area contributed by atoms with Crippen molar-refractivity contribution in [1.82, 2.24) is 14.5 Å². The van der Waals surface area contributed by atoms with Crippen molar-refractivity contribution >= 4 is 0 Å². The number of aliphatic hydroxyl groups is 1. The molecule has 0 spiro atoms. The topological polar surface area (TPSA) is 50.5 Å². The molecule has 24 heavy (non-hydrogen) atoms. The lowest BCUT2D eigenvalue weighted by atomic mass is 10.00. The van der Waals surface area contributed by atoms with Crippen molar-refractivity contribution in [2.24, 2.45) is 0 Å². The van der Waals surface area contributed by atoms with E-state index in [1.54, 1.807) is 6.20 Å². The van der Waals surface area contributed by atoms with Gasteiger partial charge in [0.2, 0.25) is 0 Å². The highest BCUT2D eigenvalue weighted by atomic mass is 16.5. The van der Waals surface area contributed by atoms with Crippen molar-refractivity contribution in [2.75, 3.05) is 19.7 Å². The Morgan fingerprint density at radius 2 is 2.04 bits per heavy atom. The van der Waals surface area contributed by atoms with E-state index in [1.165, 1.54) is 11.1 Å². The monoisotopic (exact) mass is 329 g/mol. The van der Waals surface area contributed by atoms with E-state index in [9.17, 15) is 5.11 Å². The van der Waals surface area contributed by atoms with Gasteiger partial charge in [-0.05, 0) is 31.4 Å². The van der Waals surface area contributed by atoms with Gasteiger partial charge in [0.15, 0.2) is 0 Å². The molecule has 2 aromatic rings. The van der Waals surface area contributed by atoms with Gasteiger partial charge in [-0.1, -0.05) is 24.3 Å². The van der Waals surface area contributed by atoms with Gasteiger partial charge in [0.25, 0.3) is 0 Å². The number of hydrogen-bond acceptors (Lipinski definition) is 4. The van der Waals surface area contributed by atoms with E-state index in [2.05, 4.69) is 34.1 Å². The summed E-state index contributed by atoms with van der Waals surface area (Å²) < 4.78 is 7.62. The van der Waals surface area contributed by atoms with E-state index in [0.29, 0.717) is 19.7 Å². The number of hydrogen-bond donors (Lipinski definition) is 1. The zero-order valence-electron chi connectivity index (χ0n) is 14.6. The molecule has 0 aliphatic carbocycles. The summed E-state index contributed by atoms with van der Waals surface area (Å²) in [6, 6.07) is 8.58. The fourth-order valence-electron chi connectivity index (χ4n) is 3.45. The molecule has 130 valence electrons. The highest BCUT2D eigenvalue weighted by Gasteiger charge is 2.20. The minimum Gasteiger partial charge on any atom is -0.390 e. The Hall–Kier alpha value is -1.69. The highest BCUT2D eigenvalue weighted by Crippen LogP contribution is 2.19. The van der Waals surface area contributed by atoms with E-state index >= 15 is 0 Å². The Morgan fingerprint density at radius 1 is 1.25 bits per heavy atom. The van der Waals surface area contributed by atoms with Crippen LogP contribution in [0.15, 0.2) is 36.7 Å². The molecule has 0 radical (unpaired) electrons. The molecule has 0 saturated heterocycles. The summed E-state index contributed by atoms with van der Waals surface area (Å²) in [6.07, 6.45) is 4.27. The number of imidazole rings is 1. The lowest BCUT2D eigenvalue weighted by Crippen LogP contribution is -2.38. The minimum absolute atomic E-state index is 0.0564. The van der Waals surface area contributed by atoms with Crippen LogP contribution in [0.3, 0.4) is 0 Å². The normalized spacial score (nSPS) is 17.5. The van der Waals surface area contributed by atoms with Crippen LogP contribution in [0.5, 0.6) is 0 Å². The third kappa shape index (κ3) is 4.04. The Balaban J connectivity index is 1.57. The molecule has 1 N–H and O–H groups in total. The second kappa shape index (κ2) is 7.92. The van der Waals surface area contributed by atoms with Gasteiger partial charge in [-0.3, -0.25) is 4.90 Å². The number of rotatable bonds is 7. The Bertz CT molecular complexity index is 656. The Labute approximate surface area is 143 Å². The smallest absolute Gasteiger partial charge is 0.137 e. The van der Waals surface area contributed by atoms with E-state index in [4.69, 9.17) is 4.74 Å². The fraction of sp³-hybridized carbons (Fsp3) is 0.526. The third-order valence-electron chi connectivity index (χ3n) is 4.61. The van der Waals surface area contributed by atoms with Crippen molar-refractivity contribution in [2.45, 2.75) is 45.6 Å². The number of ether oxygens (including phenoxy) is 1. The molecule has 5 heteroatoms. The maximum absolute atomic E-state index is 10.5. The quantitative estimate of drug-likeness (QED) is 0.847. The van der Waals surface area contributed by atoms with Gasteiger partial charge >= 0.3 is 0 Å². The van der Waals surface area contributed by atoms with Gasteiger partial charge in [-0.25, -0.2) is 4.98 Å². The van der Waals surface area contributed by atoms with E-state index in [1.807, 2.05) is 24.6 Å². The first-order valence-electron chi connectivity index (χ1n) is 8.77. The fourth-order valence-corrected chi connectivity index (χ4v) is 3.45. The molecular weight excluding hydrogens is 302 g/mol. The molecule has 0 unspecified atom stereocenters. The number of aromatic nitrogens is 2. The summed E-state index contributed by atoms with van der Waals surface area (Å²) >= 11 is 0. The van der Waals surface area contributed by atoms with Crippen LogP contribution in [0.2, 0.25) is 0 Å². The molecule has 1 aromatic carbocycles. The molecular formula is C19H27N3O2. The Kier molecular flexibility index (Phi) is 5.66. The second-order valence-electron chi connectivity index (χ2n) is 6.44. The molecule has 2 heterocycles. The number of aliphatic hydroxyl groups excluding tert-OH is 1. The molecule has 1 aliphatic rings. The zero-order valence-corrected chi connectivity index (χ0v) is 14.6. The van der Waals surface area contributed by atoms with Gasteiger partial charge < -0.3 is 14.4 Å². The molecule has 0 amide bonds. The first-order valence-corrected chi connectivity index (χ1v) is 8.77. The number of nitrogens with zero attached hydrogens (tertiary/aromatic N) is 3. The second-order valence-corrected chi connectivity index (χ2v) is 6.44. The molecule has 0 saturated carbocycles. The van der Waals surface area contributed by atoms with E-state index in [0.717, 1.165) is 25.3 Å². The number of benzene rings is 1. The molecule has 0 bridgehead atoms. The van der Waals surface area contributed by atoms with Crippen molar-refractivity contribution in [3.63, 3.8) is 0 Å². The first-order chi connectivity index (χ1) is 11.7. The minimum atomic E-state index is -0.419. The van der Waals surface area contributed by atoms with Crippen LogP contribution in [0.1, 0.15) is 36.9 Å². The lowest BCUT2D eigenvalue weighted by molar-refractivity contribution is 0.0601. The van der Waals surface area contributed by atoms with Crippen LogP contribution in [0.25, 0.3) is 0 Å². The van der Waals surface area contributed by atoms with Crippen LogP contribution in [0, 0.1) is 0 Å². The molecule has 3 rings (SSSR count). The van der Waals surface area contributed by atoms with Crippen molar-refractivity contribution < 1.29 is 9.84 Å². The maximum Gasteiger partial charge on any atom is 0.137 e. The third-order valence-corrected chi connectivity index (χ3v) is 4.61. The largest absolute Gasteiger partial charge is 0.390 e. The highest BCUT2D eigenvalue weighted by molar-refractivity contribution is 5.29. The predicted octanol–water partition coefficient (Wildman–Crippen LogP) is 2.40. The SMILES string of the molecule is CCO[C@@H](C)c1nccn1C[C@@H](O)CN1CCc2ccccc2C1. The molecule has 0 fully saturated rings. The molecule has 1 aliphatic heterocycles. The van der Waals surface area contributed by atoms with Crippen LogP contribution in [-0.4, -0.2) is 45.4 Å². The van der Waals surface area contributed by atoms with Gasteiger partial charge in [0.05, 0.1) is 12.6 Å². The average Bonchev–Trinajstić information content (AvgIpc) is 3.03. The standard InChI is InChI=1S/C19H27N3O2/c1-3-24-15(2)19-20-9-11-22(19)14-18(23)13-21-10-8-16-6-4-5-7-17(16)12-21/h4-7,9,11,15,18,23H,3,8,10,12-14H2,1-2H3/t15-,18-/m0/s1. The van der Waals surface area contributed by atoms with Crippen LogP contribution < -0.4 is 0 Å². The summed E-state index contributed by atoms with van der Waals surface area (Å²) in [4.78, 5) is 6.71. The van der Waals surface area contributed by atoms with Crippen LogP contribution >= 0.6 is 0 Å². The lowest BCUT2D eigenvalue weighted by Gasteiger charge is -2.30. The predicted molar refractivity (Wildman–Crippen MR) is 93.7 cm³/mol. The molecule has 1 aromatic heterocycles. The van der Waals surface area contributed by atoms with Crippen molar-refractivity contribution in [3.05, 3.63) is 53.6 Å². The first kappa shape index (κ1) is 17.1. The summed E-state index contributed by atoms with van der Waals surface area (Å²) in [7, 11) is 0. The maximum atomic E-state index is 10.5. The van der Waals surface area contributed by atoms with Gasteiger partial charge in [0.1, 0.15) is 11.9 Å². The summed E-state index contributed by atoms with van der Waals surface area (Å²) in [5.74, 6) is 0.875. The Morgan fingerprint density at radius 3 is 2.83 bits per heavy atom. The summed E-state index contributed by atoms with van der Waals surface area (Å²) in [5.41, 5.74) is 2.81. The average molecular weight is 329 g/mol. The number of fused-ring (bicyclic) bond motifs is 1. The van der Waals surface area contributed by atoms with Crippen molar-refractivity contribution in [3.8, 4) is 0 Å². The van der Waals surface area contributed by atoms with Gasteiger partial charge in [-0.15, -0.1) is 0 Å². The van der Waals surface area contributed by atoms with E-state index < -0.39 is 6.10 Å².